The van der Waals surface area contributed by atoms with Gasteiger partial charge in [0, 0.05) is 11.4 Å². The SMILES string of the molecule is NNC(=O)c1cccc(C(=O)OCCCCCCCl)c1. The van der Waals surface area contributed by atoms with Crippen molar-refractivity contribution in [1.29, 1.82) is 0 Å². The van der Waals surface area contributed by atoms with Crippen LogP contribution in [0.25, 0.3) is 0 Å². The van der Waals surface area contributed by atoms with Crippen LogP contribution < -0.4 is 11.3 Å². The van der Waals surface area contributed by atoms with Gasteiger partial charge in [0.1, 0.15) is 0 Å². The second-order valence-corrected chi connectivity index (χ2v) is 4.67. The average Bonchev–Trinajstić information content (AvgIpc) is 2.49. The summed E-state index contributed by atoms with van der Waals surface area (Å²) in [4.78, 5) is 23.1. The molecule has 0 saturated heterocycles. The monoisotopic (exact) mass is 298 g/mol. The van der Waals surface area contributed by atoms with Gasteiger partial charge in [0.15, 0.2) is 0 Å². The Morgan fingerprint density at radius 1 is 1.15 bits per heavy atom. The molecule has 0 heterocycles. The molecule has 0 spiro atoms. The summed E-state index contributed by atoms with van der Waals surface area (Å²) < 4.78 is 5.14. The number of unbranched alkanes of at least 4 members (excludes halogenated alkanes) is 3. The maximum Gasteiger partial charge on any atom is 0.338 e. The third-order valence-corrected chi connectivity index (χ3v) is 3.02. The number of alkyl halides is 1. The molecule has 0 aliphatic heterocycles. The first-order valence-electron chi connectivity index (χ1n) is 6.53. The molecule has 6 heteroatoms. The summed E-state index contributed by atoms with van der Waals surface area (Å²) in [7, 11) is 0. The number of amides is 1. The normalized spacial score (nSPS) is 10.1. The highest BCUT2D eigenvalue weighted by molar-refractivity contribution is 6.17. The lowest BCUT2D eigenvalue weighted by atomic mass is 10.1. The Bertz CT molecular complexity index is 452. The lowest BCUT2D eigenvalue weighted by Crippen LogP contribution is -2.30. The smallest absolute Gasteiger partial charge is 0.338 e. The molecule has 0 radical (unpaired) electrons. The number of nitrogens with one attached hydrogen (secondary N) is 1. The van der Waals surface area contributed by atoms with Gasteiger partial charge in [0.2, 0.25) is 0 Å². The van der Waals surface area contributed by atoms with Gasteiger partial charge >= 0.3 is 5.97 Å². The molecule has 0 bridgehead atoms. The Kier molecular flexibility index (Phi) is 7.69. The largest absolute Gasteiger partial charge is 0.462 e. The number of rotatable bonds is 8. The van der Waals surface area contributed by atoms with Crippen molar-refractivity contribution in [3.8, 4) is 0 Å². The predicted molar refractivity (Wildman–Crippen MR) is 77.6 cm³/mol. The number of nitrogen functional groups attached to an aromatic ring is 1. The lowest BCUT2D eigenvalue weighted by molar-refractivity contribution is 0.0498. The van der Waals surface area contributed by atoms with Crippen molar-refractivity contribution in [3.63, 3.8) is 0 Å². The van der Waals surface area contributed by atoms with Gasteiger partial charge in [0.05, 0.1) is 12.2 Å². The number of hydrogen-bond acceptors (Lipinski definition) is 4. The number of hydrazine groups is 1. The van der Waals surface area contributed by atoms with Crippen molar-refractivity contribution in [2.24, 2.45) is 5.84 Å². The summed E-state index contributed by atoms with van der Waals surface area (Å²) in [5.41, 5.74) is 2.68. The molecule has 5 nitrogen and oxygen atoms in total. The molecule has 1 amide bonds. The number of benzene rings is 1. The van der Waals surface area contributed by atoms with Gasteiger partial charge in [-0.25, -0.2) is 10.6 Å². The minimum absolute atomic E-state index is 0.323. The summed E-state index contributed by atoms with van der Waals surface area (Å²) in [6.07, 6.45) is 3.81. The summed E-state index contributed by atoms with van der Waals surface area (Å²) >= 11 is 5.57. The van der Waals surface area contributed by atoms with E-state index in [1.807, 2.05) is 5.43 Å². The van der Waals surface area contributed by atoms with Crippen LogP contribution in [0, 0.1) is 0 Å². The van der Waals surface area contributed by atoms with Crippen LogP contribution in [0.3, 0.4) is 0 Å². The Labute approximate surface area is 123 Å². The molecule has 1 rings (SSSR count). The van der Waals surface area contributed by atoms with Gasteiger partial charge in [-0.3, -0.25) is 10.2 Å². The topological polar surface area (TPSA) is 81.4 Å². The van der Waals surface area contributed by atoms with Crippen molar-refractivity contribution < 1.29 is 14.3 Å². The van der Waals surface area contributed by atoms with Crippen molar-refractivity contribution in [3.05, 3.63) is 35.4 Å². The molecule has 0 unspecified atom stereocenters. The third kappa shape index (κ3) is 5.59. The van der Waals surface area contributed by atoms with Crippen molar-refractivity contribution >= 4 is 23.5 Å². The predicted octanol–water partition coefficient (Wildman–Crippen LogP) is 2.25. The molecule has 0 fully saturated rings. The maximum atomic E-state index is 11.8. The van der Waals surface area contributed by atoms with E-state index in [0.29, 0.717) is 23.6 Å². The number of carbonyl (C=O) groups is 2. The zero-order valence-corrected chi connectivity index (χ0v) is 12.0. The quantitative estimate of drug-likeness (QED) is 0.193. The van der Waals surface area contributed by atoms with Gasteiger partial charge in [-0.2, -0.15) is 0 Å². The van der Waals surface area contributed by atoms with Crippen molar-refractivity contribution in [1.82, 2.24) is 5.43 Å². The second kappa shape index (κ2) is 9.34. The van der Waals surface area contributed by atoms with Crippen LogP contribution in [0.15, 0.2) is 24.3 Å². The molecule has 0 aliphatic carbocycles. The van der Waals surface area contributed by atoms with Crippen LogP contribution >= 0.6 is 11.6 Å². The first-order valence-corrected chi connectivity index (χ1v) is 7.06. The standard InChI is InChI=1S/C14H19ClN2O3/c15-8-3-1-2-4-9-20-14(19)12-7-5-6-11(10-12)13(18)17-16/h5-7,10H,1-4,8-9,16H2,(H,17,18). The number of ether oxygens (including phenoxy) is 1. The fourth-order valence-corrected chi connectivity index (χ4v) is 1.86. The zero-order chi connectivity index (χ0) is 14.8. The number of halogens is 1. The highest BCUT2D eigenvalue weighted by Gasteiger charge is 2.10. The van der Waals surface area contributed by atoms with E-state index in [1.165, 1.54) is 6.07 Å². The Hall–Kier alpha value is -1.59. The van der Waals surface area contributed by atoms with Crippen molar-refractivity contribution in [2.75, 3.05) is 12.5 Å². The maximum absolute atomic E-state index is 11.8. The van der Waals surface area contributed by atoms with Crippen LogP contribution in [0.4, 0.5) is 0 Å². The van der Waals surface area contributed by atoms with Crippen LogP contribution in [-0.4, -0.2) is 24.4 Å². The molecule has 20 heavy (non-hydrogen) atoms. The summed E-state index contributed by atoms with van der Waals surface area (Å²) in [5.74, 6) is 4.83. The third-order valence-electron chi connectivity index (χ3n) is 2.75. The zero-order valence-electron chi connectivity index (χ0n) is 11.2. The summed E-state index contributed by atoms with van der Waals surface area (Å²) in [6.45, 7) is 0.369. The number of esters is 1. The van der Waals surface area contributed by atoms with Crippen LogP contribution in [0.1, 0.15) is 46.4 Å². The molecule has 1 aromatic rings. The number of hydrogen-bond donors (Lipinski definition) is 2. The molecule has 0 aliphatic rings. The average molecular weight is 299 g/mol. The van der Waals surface area contributed by atoms with Gasteiger partial charge in [-0.15, -0.1) is 11.6 Å². The highest BCUT2D eigenvalue weighted by atomic mass is 35.5. The molecule has 3 N–H and O–H groups in total. The van der Waals surface area contributed by atoms with E-state index in [0.717, 1.165) is 25.7 Å². The van der Waals surface area contributed by atoms with Gasteiger partial charge in [-0.05, 0) is 31.0 Å². The van der Waals surface area contributed by atoms with Crippen molar-refractivity contribution in [2.45, 2.75) is 25.7 Å². The first-order chi connectivity index (χ1) is 9.69. The van der Waals surface area contributed by atoms with Gasteiger partial charge < -0.3 is 4.74 Å². The van der Waals surface area contributed by atoms with Gasteiger partial charge in [-0.1, -0.05) is 18.9 Å². The molecule has 0 atom stereocenters. The van der Waals surface area contributed by atoms with Crippen LogP contribution in [0.2, 0.25) is 0 Å². The number of carbonyl (C=O) groups excluding carboxylic acids is 2. The summed E-state index contributed by atoms with van der Waals surface area (Å²) in [6, 6.07) is 6.24. The minimum atomic E-state index is -0.444. The van der Waals surface area contributed by atoms with Gasteiger partial charge in [0.25, 0.3) is 5.91 Å². The van der Waals surface area contributed by atoms with E-state index in [2.05, 4.69) is 0 Å². The molecular weight excluding hydrogens is 280 g/mol. The molecule has 1 aromatic carbocycles. The lowest BCUT2D eigenvalue weighted by Gasteiger charge is -2.06. The van der Waals surface area contributed by atoms with E-state index in [4.69, 9.17) is 22.2 Å². The summed E-state index contributed by atoms with van der Waals surface area (Å²) in [5, 5.41) is 0. The molecular formula is C14H19ClN2O3. The van der Waals surface area contributed by atoms with E-state index in [9.17, 15) is 9.59 Å². The van der Waals surface area contributed by atoms with E-state index in [1.54, 1.807) is 18.2 Å². The van der Waals surface area contributed by atoms with E-state index in [-0.39, 0.29) is 0 Å². The molecule has 110 valence electrons. The molecule has 0 saturated carbocycles. The van der Waals surface area contributed by atoms with Crippen LogP contribution in [-0.2, 0) is 4.74 Å². The Morgan fingerprint density at radius 2 is 1.85 bits per heavy atom. The first kappa shape index (κ1) is 16.5. The Balaban J connectivity index is 2.41. The van der Waals surface area contributed by atoms with E-state index < -0.39 is 11.9 Å². The Morgan fingerprint density at radius 3 is 2.55 bits per heavy atom. The second-order valence-electron chi connectivity index (χ2n) is 4.29. The fraction of sp³-hybridized carbons (Fsp3) is 0.429. The minimum Gasteiger partial charge on any atom is -0.462 e. The fourth-order valence-electron chi connectivity index (χ4n) is 1.67. The molecule has 0 aromatic heterocycles. The highest BCUT2D eigenvalue weighted by Crippen LogP contribution is 2.08. The van der Waals surface area contributed by atoms with E-state index >= 15 is 0 Å². The van der Waals surface area contributed by atoms with Crippen LogP contribution in [0.5, 0.6) is 0 Å². The number of nitrogens with two attached hydrogens (primary N) is 1.